The molecule has 0 saturated heterocycles. The van der Waals surface area contributed by atoms with Crippen LogP contribution in [0.3, 0.4) is 0 Å². The van der Waals surface area contributed by atoms with Crippen LogP contribution in [0.4, 0.5) is 34.1 Å². The average molecular weight is 948 g/mol. The van der Waals surface area contributed by atoms with Crippen LogP contribution in [0.2, 0.25) is 0 Å². The highest BCUT2D eigenvalue weighted by atomic mass is 15.1. The Kier molecular flexibility index (Phi) is 9.41. The molecule has 0 bridgehead atoms. The topological polar surface area (TPSA) is 11.4 Å². The Morgan fingerprint density at radius 3 is 1.51 bits per heavy atom. The van der Waals surface area contributed by atoms with Crippen LogP contribution in [0.1, 0.15) is 27.7 Å². The van der Waals surface area contributed by atoms with Gasteiger partial charge >= 0.3 is 0 Å². The van der Waals surface area contributed by atoms with E-state index in [-0.39, 0.29) is 35.4 Å². The van der Waals surface area contributed by atoms with Crippen molar-refractivity contribution in [3.05, 3.63) is 319 Å². The van der Waals surface area contributed by atoms with Crippen molar-refractivity contribution in [2.75, 3.05) is 9.80 Å². The molecular formula is C71H49N3. The van der Waals surface area contributed by atoms with Crippen LogP contribution in [-0.2, 0) is 5.41 Å². The first-order valence-electron chi connectivity index (χ1n) is 27.2. The van der Waals surface area contributed by atoms with E-state index in [9.17, 15) is 5.48 Å². The lowest BCUT2D eigenvalue weighted by atomic mass is 9.67. The first-order valence-corrected chi connectivity index (χ1v) is 25.2. The molecule has 0 unspecified atom stereocenters. The van der Waals surface area contributed by atoms with Crippen molar-refractivity contribution < 1.29 is 5.48 Å². The molecule has 13 aromatic rings. The average Bonchev–Trinajstić information content (AvgIpc) is 4.17. The van der Waals surface area contributed by atoms with Crippen molar-refractivity contribution in [2.45, 2.75) is 5.41 Å². The van der Waals surface area contributed by atoms with E-state index in [1.54, 1.807) is 0 Å². The highest BCUT2D eigenvalue weighted by molar-refractivity contribution is 6.11. The number of aromatic nitrogens is 1. The number of para-hydroxylation sites is 4. The van der Waals surface area contributed by atoms with Crippen LogP contribution in [0, 0.1) is 0 Å². The molecule has 1 aromatic heterocycles. The van der Waals surface area contributed by atoms with Crippen LogP contribution in [0.5, 0.6) is 0 Å². The minimum Gasteiger partial charge on any atom is -0.310 e. The van der Waals surface area contributed by atoms with Crippen molar-refractivity contribution >= 4 is 66.7 Å². The molecule has 74 heavy (non-hydrogen) atoms. The Morgan fingerprint density at radius 2 is 0.811 bits per heavy atom. The van der Waals surface area contributed by atoms with Crippen molar-refractivity contribution in [2.24, 2.45) is 0 Å². The molecule has 0 fully saturated rings. The second kappa shape index (κ2) is 17.9. The minimum atomic E-state index is -0.679. The fourth-order valence-corrected chi connectivity index (χ4v) is 11.6. The molecule has 0 saturated carbocycles. The Bertz CT molecular complexity index is 4360. The number of nitrogens with zero attached hydrogens (tertiary/aromatic N) is 3. The second-order valence-electron chi connectivity index (χ2n) is 19.0. The number of hydrogen-bond donors (Lipinski definition) is 0. The lowest BCUT2D eigenvalue weighted by Crippen LogP contribution is -2.28. The maximum absolute atomic E-state index is 9.86. The molecule has 0 aliphatic heterocycles. The van der Waals surface area contributed by atoms with Gasteiger partial charge in [0.05, 0.1) is 21.9 Å². The summed E-state index contributed by atoms with van der Waals surface area (Å²) >= 11 is 0. The van der Waals surface area contributed by atoms with Crippen LogP contribution >= 0.6 is 0 Å². The molecular weight excluding hydrogens is 895 g/mol. The molecule has 1 aliphatic carbocycles. The number of hydrogen-bond acceptors (Lipinski definition) is 2. The summed E-state index contributed by atoms with van der Waals surface area (Å²) in [5.41, 5.74) is 14.9. The van der Waals surface area contributed by atoms with E-state index in [1.165, 1.54) is 10.9 Å². The molecule has 348 valence electrons. The van der Waals surface area contributed by atoms with Gasteiger partial charge in [0.2, 0.25) is 0 Å². The Morgan fingerprint density at radius 1 is 0.311 bits per heavy atom. The third-order valence-electron chi connectivity index (χ3n) is 14.9. The minimum absolute atomic E-state index is 0.112. The largest absolute Gasteiger partial charge is 0.310 e. The molecule has 0 amide bonds. The number of fused-ring (bicyclic) bond motifs is 7. The number of anilines is 6. The number of benzene rings is 12. The summed E-state index contributed by atoms with van der Waals surface area (Å²) in [6, 6.07) is 94.0. The van der Waals surface area contributed by atoms with Crippen LogP contribution in [0.25, 0.3) is 60.5 Å². The van der Waals surface area contributed by atoms with Crippen LogP contribution in [0.15, 0.2) is 297 Å². The molecule has 1 aliphatic rings. The van der Waals surface area contributed by atoms with E-state index >= 15 is 0 Å². The highest BCUT2D eigenvalue weighted by Crippen LogP contribution is 2.57. The highest BCUT2D eigenvalue weighted by Gasteiger charge is 2.46. The molecule has 3 nitrogen and oxygen atoms in total. The van der Waals surface area contributed by atoms with Gasteiger partial charge in [-0.25, -0.2) is 0 Å². The van der Waals surface area contributed by atoms with Crippen molar-refractivity contribution in [1.29, 1.82) is 0 Å². The smallest absolute Gasteiger partial charge is 0.0714 e. The van der Waals surface area contributed by atoms with E-state index in [0.29, 0.717) is 5.56 Å². The first kappa shape index (κ1) is 39.0. The standard InChI is InChI=1S/C71H49N3/c1-6-20-54(21-7-1)71(55-22-8-2-9-23-55)67-32-18-16-30-63(67)64-44-42-62(49-68(64)71)72(56-24-10-3-11-25-56)59-39-36-50(37-40-59)51-34-35-53-47-60(41-38-52(53)46-51)73(57-26-12-4-13-27-57)61-43-45-70-66(48-61)65-31-17-19-33-69(65)74(70)58-28-14-5-15-29-58/h1-49H/i36D,37D,39D,40D. The molecule has 12 aromatic carbocycles. The van der Waals surface area contributed by atoms with E-state index in [4.69, 9.17) is 0 Å². The zero-order chi connectivity index (χ0) is 52.5. The summed E-state index contributed by atoms with van der Waals surface area (Å²) in [6.07, 6.45) is 0. The SMILES string of the molecule is [2H]c1c([2H])c(N(c2ccccc2)c2ccc3c(c2)C(c2ccccc2)(c2ccccc2)c2ccccc2-3)c([2H])c([2H])c1-c1ccc2cc(N(c3ccccc3)c3ccc4c(c3)c3ccccc3n4-c3ccccc3)ccc2c1. The third-order valence-corrected chi connectivity index (χ3v) is 14.9. The summed E-state index contributed by atoms with van der Waals surface area (Å²) < 4.78 is 41.5. The molecule has 0 atom stereocenters. The lowest BCUT2D eigenvalue weighted by Gasteiger charge is -2.35. The van der Waals surface area contributed by atoms with Gasteiger partial charge in [0.25, 0.3) is 0 Å². The molecule has 0 radical (unpaired) electrons. The van der Waals surface area contributed by atoms with Crippen LogP contribution < -0.4 is 9.80 Å². The molecule has 0 spiro atoms. The van der Waals surface area contributed by atoms with E-state index in [2.05, 4.69) is 204 Å². The lowest BCUT2D eigenvalue weighted by molar-refractivity contribution is 0.768. The normalized spacial score (nSPS) is 13.2. The number of rotatable bonds is 10. The monoisotopic (exact) mass is 947 g/mol. The van der Waals surface area contributed by atoms with Crippen molar-refractivity contribution in [3.8, 4) is 27.9 Å². The molecule has 1 heterocycles. The van der Waals surface area contributed by atoms with Gasteiger partial charge in [-0.15, -0.1) is 0 Å². The van der Waals surface area contributed by atoms with Gasteiger partial charge in [-0.3, -0.25) is 0 Å². The summed E-state index contributed by atoms with van der Waals surface area (Å²) in [7, 11) is 0. The Balaban J connectivity index is 0.875. The Hall–Kier alpha value is -9.70. The quantitative estimate of drug-likeness (QED) is 0.135. The van der Waals surface area contributed by atoms with Crippen molar-refractivity contribution in [3.63, 3.8) is 0 Å². The summed E-state index contributed by atoms with van der Waals surface area (Å²) in [5.74, 6) is 0. The van der Waals surface area contributed by atoms with Crippen LogP contribution in [-0.4, -0.2) is 4.57 Å². The van der Waals surface area contributed by atoms with E-state index < -0.39 is 5.41 Å². The fourth-order valence-electron chi connectivity index (χ4n) is 11.6. The summed E-state index contributed by atoms with van der Waals surface area (Å²) in [4.78, 5) is 4.18. The van der Waals surface area contributed by atoms with Crippen molar-refractivity contribution in [1.82, 2.24) is 4.57 Å². The summed E-state index contributed by atoms with van der Waals surface area (Å²) in [6.45, 7) is 0. The van der Waals surface area contributed by atoms with Gasteiger partial charge in [-0.2, -0.15) is 0 Å². The van der Waals surface area contributed by atoms with E-state index in [0.717, 1.165) is 89.1 Å². The zero-order valence-electron chi connectivity index (χ0n) is 44.3. The zero-order valence-corrected chi connectivity index (χ0v) is 40.3. The van der Waals surface area contributed by atoms with E-state index in [1.807, 2.05) is 83.8 Å². The first-order chi connectivity index (χ1) is 38.4. The predicted octanol–water partition coefficient (Wildman–Crippen LogP) is 18.9. The van der Waals surface area contributed by atoms with Gasteiger partial charge in [-0.1, -0.05) is 194 Å². The summed E-state index contributed by atoms with van der Waals surface area (Å²) in [5, 5.41) is 4.22. The molecule has 0 N–H and O–H groups in total. The molecule has 14 rings (SSSR count). The third kappa shape index (κ3) is 7.04. The Labute approximate surface area is 437 Å². The fraction of sp³-hybridized carbons (Fsp3) is 0.0141. The van der Waals surface area contributed by atoms with Gasteiger partial charge in [0.15, 0.2) is 0 Å². The maximum Gasteiger partial charge on any atom is 0.0714 e. The molecule has 3 heteroatoms. The maximum atomic E-state index is 9.86. The van der Waals surface area contributed by atoms with Gasteiger partial charge < -0.3 is 14.4 Å². The van der Waals surface area contributed by atoms with Gasteiger partial charge in [-0.05, 0) is 158 Å². The van der Waals surface area contributed by atoms with Gasteiger partial charge in [0.1, 0.15) is 0 Å². The predicted molar refractivity (Wildman–Crippen MR) is 310 cm³/mol. The van der Waals surface area contributed by atoms with Gasteiger partial charge in [0, 0.05) is 50.6 Å². The second-order valence-corrected chi connectivity index (χ2v) is 19.0.